The highest BCUT2D eigenvalue weighted by Crippen LogP contribution is 2.22. The molecule has 3 rings (SSSR count). The number of carbonyl (C=O) groups is 2. The van der Waals surface area contributed by atoms with Crippen LogP contribution in [-0.4, -0.2) is 23.0 Å². The molecule has 0 saturated carbocycles. The van der Waals surface area contributed by atoms with Gasteiger partial charge in [-0.25, -0.2) is 9.59 Å². The number of carboxylic acids is 1. The third kappa shape index (κ3) is 4.20. The summed E-state index contributed by atoms with van der Waals surface area (Å²) in [6.07, 6.45) is 0. The van der Waals surface area contributed by atoms with Crippen molar-refractivity contribution in [2.45, 2.75) is 26.5 Å². The van der Waals surface area contributed by atoms with Gasteiger partial charge in [-0.15, -0.1) is 0 Å². The van der Waals surface area contributed by atoms with Crippen LogP contribution in [0.1, 0.15) is 40.1 Å². The molecule has 1 heterocycles. The van der Waals surface area contributed by atoms with Crippen LogP contribution in [0.4, 0.5) is 0 Å². The van der Waals surface area contributed by atoms with Crippen molar-refractivity contribution >= 4 is 22.8 Å². The molecular formula is C21H19NO6. The van der Waals surface area contributed by atoms with Crippen LogP contribution in [0.3, 0.4) is 0 Å². The minimum atomic E-state index is -1.03. The van der Waals surface area contributed by atoms with E-state index in [4.69, 9.17) is 9.15 Å². The normalized spacial score (nSPS) is 10.8. The van der Waals surface area contributed by atoms with Crippen LogP contribution >= 0.6 is 0 Å². The number of hydrogen-bond donors (Lipinski definition) is 2. The first-order valence-electron chi connectivity index (χ1n) is 8.68. The summed E-state index contributed by atoms with van der Waals surface area (Å²) < 4.78 is 10.9. The monoisotopic (exact) mass is 381 g/mol. The second kappa shape index (κ2) is 7.96. The van der Waals surface area contributed by atoms with E-state index >= 15 is 0 Å². The zero-order chi connectivity index (χ0) is 20.3. The Morgan fingerprint density at radius 3 is 2.57 bits per heavy atom. The molecule has 7 heteroatoms. The van der Waals surface area contributed by atoms with E-state index in [-0.39, 0.29) is 29.4 Å². The van der Waals surface area contributed by atoms with Crippen molar-refractivity contribution in [1.29, 1.82) is 0 Å². The average molecular weight is 381 g/mol. The Hall–Kier alpha value is -3.61. The molecule has 0 aliphatic heterocycles. The number of ether oxygens (including phenoxy) is 1. The Morgan fingerprint density at radius 1 is 1.11 bits per heavy atom. The van der Waals surface area contributed by atoms with Gasteiger partial charge >= 0.3 is 11.6 Å². The molecule has 0 unspecified atom stereocenters. The van der Waals surface area contributed by atoms with Crippen molar-refractivity contribution in [2.75, 3.05) is 0 Å². The van der Waals surface area contributed by atoms with Gasteiger partial charge in [-0.2, -0.15) is 0 Å². The molecule has 0 fully saturated rings. The summed E-state index contributed by atoms with van der Waals surface area (Å²) in [7, 11) is 0. The Labute approximate surface area is 160 Å². The van der Waals surface area contributed by atoms with Crippen molar-refractivity contribution < 1.29 is 23.8 Å². The number of rotatable bonds is 6. The summed E-state index contributed by atoms with van der Waals surface area (Å²) in [5.74, 6) is -1.11. The zero-order valence-corrected chi connectivity index (χ0v) is 15.4. The summed E-state index contributed by atoms with van der Waals surface area (Å²) in [5.41, 5.74) is 0.160. The maximum absolute atomic E-state index is 12.1. The molecule has 1 aromatic heterocycles. The van der Waals surface area contributed by atoms with Crippen LogP contribution in [-0.2, 0) is 6.61 Å². The number of fused-ring (bicyclic) bond motifs is 1. The highest BCUT2D eigenvalue weighted by atomic mass is 16.5. The van der Waals surface area contributed by atoms with Gasteiger partial charge in [-0.1, -0.05) is 18.2 Å². The van der Waals surface area contributed by atoms with Crippen molar-refractivity contribution in [1.82, 2.24) is 5.32 Å². The molecular weight excluding hydrogens is 362 g/mol. The summed E-state index contributed by atoms with van der Waals surface area (Å²) in [4.78, 5) is 35.5. The Morgan fingerprint density at radius 2 is 1.86 bits per heavy atom. The van der Waals surface area contributed by atoms with Crippen molar-refractivity contribution in [3.63, 3.8) is 0 Å². The molecule has 0 atom stereocenters. The number of hydrogen-bond acceptors (Lipinski definition) is 5. The summed E-state index contributed by atoms with van der Waals surface area (Å²) in [6, 6.07) is 12.8. The topological polar surface area (TPSA) is 106 Å². The van der Waals surface area contributed by atoms with Crippen molar-refractivity contribution in [3.05, 3.63) is 75.6 Å². The molecule has 144 valence electrons. The quantitative estimate of drug-likeness (QED) is 0.635. The molecule has 3 aromatic rings. The fraction of sp³-hybridized carbons (Fsp3) is 0.190. The maximum Gasteiger partial charge on any atom is 0.349 e. The second-order valence-electron chi connectivity index (χ2n) is 6.53. The lowest BCUT2D eigenvalue weighted by atomic mass is 10.1. The van der Waals surface area contributed by atoms with E-state index in [1.54, 1.807) is 44.2 Å². The molecule has 0 radical (unpaired) electrons. The molecule has 0 saturated heterocycles. The number of aromatic carboxylic acids is 1. The van der Waals surface area contributed by atoms with Gasteiger partial charge in [0.2, 0.25) is 0 Å². The Kier molecular flexibility index (Phi) is 5.44. The predicted molar refractivity (Wildman–Crippen MR) is 103 cm³/mol. The fourth-order valence-corrected chi connectivity index (χ4v) is 2.70. The van der Waals surface area contributed by atoms with Crippen LogP contribution in [0.2, 0.25) is 0 Å². The maximum atomic E-state index is 12.1. The number of nitrogens with one attached hydrogen (secondary N) is 1. The minimum absolute atomic E-state index is 0.0487. The molecule has 0 aliphatic rings. The number of benzene rings is 2. The van der Waals surface area contributed by atoms with E-state index in [1.165, 1.54) is 18.2 Å². The van der Waals surface area contributed by atoms with Gasteiger partial charge in [-0.3, -0.25) is 4.79 Å². The molecule has 1 amide bonds. The van der Waals surface area contributed by atoms with E-state index in [2.05, 4.69) is 5.32 Å². The standard InChI is InChI=1S/C21H19NO6/c1-12(2)22-19(23)17-9-13-7-8-15(10-18(13)28-21(17)26)27-11-14-5-3-4-6-16(14)20(24)25/h3-10,12H,11H2,1-2H3,(H,22,23)(H,24,25). The third-order valence-corrected chi connectivity index (χ3v) is 4.01. The highest BCUT2D eigenvalue weighted by molar-refractivity contribution is 5.96. The van der Waals surface area contributed by atoms with E-state index in [1.807, 2.05) is 0 Å². The molecule has 28 heavy (non-hydrogen) atoms. The predicted octanol–water partition coefficient (Wildman–Crippen LogP) is 3.21. The van der Waals surface area contributed by atoms with Crippen molar-refractivity contribution in [3.8, 4) is 5.75 Å². The van der Waals surface area contributed by atoms with Gasteiger partial charge in [0.05, 0.1) is 5.56 Å². The first-order valence-corrected chi connectivity index (χ1v) is 8.68. The van der Waals surface area contributed by atoms with E-state index in [0.29, 0.717) is 16.7 Å². The van der Waals surface area contributed by atoms with E-state index in [9.17, 15) is 19.5 Å². The SMILES string of the molecule is CC(C)NC(=O)c1cc2ccc(OCc3ccccc3C(=O)O)cc2oc1=O. The van der Waals surface area contributed by atoms with Crippen molar-refractivity contribution in [2.24, 2.45) is 0 Å². The van der Waals surface area contributed by atoms with E-state index < -0.39 is 17.5 Å². The van der Waals surface area contributed by atoms with Crippen LogP contribution in [0.15, 0.2) is 57.7 Å². The summed E-state index contributed by atoms with van der Waals surface area (Å²) in [6.45, 7) is 3.65. The smallest absolute Gasteiger partial charge is 0.349 e. The lowest BCUT2D eigenvalue weighted by molar-refractivity contribution is 0.0693. The lowest BCUT2D eigenvalue weighted by Gasteiger charge is -2.10. The molecule has 0 spiro atoms. The summed E-state index contributed by atoms with van der Waals surface area (Å²) in [5, 5.41) is 12.5. The highest BCUT2D eigenvalue weighted by Gasteiger charge is 2.15. The molecule has 2 N–H and O–H groups in total. The molecule has 0 aliphatic carbocycles. The van der Waals surface area contributed by atoms with Crippen LogP contribution in [0, 0.1) is 0 Å². The average Bonchev–Trinajstić information content (AvgIpc) is 2.65. The largest absolute Gasteiger partial charge is 0.489 e. The van der Waals surface area contributed by atoms with Gasteiger partial charge in [0.1, 0.15) is 23.5 Å². The molecule has 2 aromatic carbocycles. The zero-order valence-electron chi connectivity index (χ0n) is 15.4. The lowest BCUT2D eigenvalue weighted by Crippen LogP contribution is -2.33. The third-order valence-electron chi connectivity index (χ3n) is 4.01. The first kappa shape index (κ1) is 19.2. The van der Waals surface area contributed by atoms with Gasteiger partial charge < -0.3 is 19.6 Å². The Balaban J connectivity index is 1.84. The van der Waals surface area contributed by atoms with E-state index in [0.717, 1.165) is 0 Å². The molecule has 0 bridgehead atoms. The number of carboxylic acid groups (broad SMARTS) is 1. The van der Waals surface area contributed by atoms with Gasteiger partial charge in [0.15, 0.2) is 0 Å². The fourth-order valence-electron chi connectivity index (χ4n) is 2.70. The van der Waals surface area contributed by atoms with Gasteiger partial charge in [0.25, 0.3) is 5.91 Å². The van der Waals surface area contributed by atoms with Gasteiger partial charge in [-0.05, 0) is 38.1 Å². The Bertz CT molecular complexity index is 1100. The van der Waals surface area contributed by atoms with Crippen LogP contribution in [0.5, 0.6) is 5.75 Å². The van der Waals surface area contributed by atoms with Crippen LogP contribution in [0.25, 0.3) is 11.0 Å². The summed E-state index contributed by atoms with van der Waals surface area (Å²) >= 11 is 0. The minimum Gasteiger partial charge on any atom is -0.489 e. The second-order valence-corrected chi connectivity index (χ2v) is 6.53. The number of amides is 1. The molecule has 7 nitrogen and oxygen atoms in total. The van der Waals surface area contributed by atoms with Gasteiger partial charge in [0, 0.05) is 23.1 Å². The van der Waals surface area contributed by atoms with Crippen LogP contribution < -0.4 is 15.7 Å². The number of carbonyl (C=O) groups excluding carboxylic acids is 1. The first-order chi connectivity index (χ1) is 13.3.